The van der Waals surface area contributed by atoms with Crippen LogP contribution in [-0.4, -0.2) is 23.5 Å². The Hall–Kier alpha value is -2.04. The van der Waals surface area contributed by atoms with Crippen molar-refractivity contribution in [3.63, 3.8) is 0 Å². The molecule has 1 rings (SSSR count). The molecule has 5 heteroatoms. The van der Waals surface area contributed by atoms with Crippen molar-refractivity contribution in [2.24, 2.45) is 0 Å². The van der Waals surface area contributed by atoms with E-state index < -0.39 is 0 Å². The fourth-order valence-electron chi connectivity index (χ4n) is 1.15. The highest BCUT2D eigenvalue weighted by Crippen LogP contribution is 2.23. The van der Waals surface area contributed by atoms with Crippen LogP contribution in [0, 0.1) is 6.92 Å². The molecule has 0 fully saturated rings. The van der Waals surface area contributed by atoms with Gasteiger partial charge in [0.2, 0.25) is 11.8 Å². The van der Waals surface area contributed by atoms with Crippen LogP contribution in [0.15, 0.2) is 18.2 Å². The maximum atomic E-state index is 11.3. The van der Waals surface area contributed by atoms with Gasteiger partial charge in [-0.2, -0.15) is 0 Å². The summed E-state index contributed by atoms with van der Waals surface area (Å²) in [6.45, 7) is 3.06. The lowest BCUT2D eigenvalue weighted by Gasteiger charge is -2.07. The number of nitrogens with one attached hydrogen (secondary N) is 2. The smallest absolute Gasteiger partial charge is 0.243 e. The van der Waals surface area contributed by atoms with Gasteiger partial charge >= 0.3 is 0 Å². The van der Waals surface area contributed by atoms with Crippen molar-refractivity contribution in [1.29, 1.82) is 0 Å². The van der Waals surface area contributed by atoms with Crippen LogP contribution in [0.2, 0.25) is 0 Å². The number of carbonyl (C=O) groups is 2. The molecule has 0 atom stereocenters. The van der Waals surface area contributed by atoms with Crippen molar-refractivity contribution in [1.82, 2.24) is 5.32 Å². The molecule has 5 nitrogen and oxygen atoms in total. The van der Waals surface area contributed by atoms with Crippen molar-refractivity contribution in [3.8, 4) is 5.75 Å². The molecule has 0 aliphatic heterocycles. The zero-order chi connectivity index (χ0) is 12.1. The van der Waals surface area contributed by atoms with Crippen LogP contribution in [-0.2, 0) is 9.59 Å². The molecule has 0 saturated heterocycles. The Labute approximate surface area is 93.5 Å². The first-order valence-electron chi connectivity index (χ1n) is 4.83. The van der Waals surface area contributed by atoms with E-state index in [4.69, 9.17) is 0 Å². The number of anilines is 1. The number of phenols is 1. The molecular formula is C11H14N2O3. The monoisotopic (exact) mass is 222 g/mol. The molecule has 0 aliphatic rings. The summed E-state index contributed by atoms with van der Waals surface area (Å²) in [7, 11) is 0. The molecule has 16 heavy (non-hydrogen) atoms. The second kappa shape index (κ2) is 5.16. The predicted molar refractivity (Wildman–Crippen MR) is 60.2 cm³/mol. The Balaban J connectivity index is 2.59. The molecule has 0 unspecified atom stereocenters. The highest BCUT2D eigenvalue weighted by molar-refractivity contribution is 5.95. The highest BCUT2D eigenvalue weighted by atomic mass is 16.3. The number of amides is 2. The number of rotatable bonds is 3. The van der Waals surface area contributed by atoms with Crippen molar-refractivity contribution < 1.29 is 14.7 Å². The lowest BCUT2D eigenvalue weighted by atomic mass is 10.2. The minimum Gasteiger partial charge on any atom is -0.506 e. The van der Waals surface area contributed by atoms with Crippen molar-refractivity contribution in [3.05, 3.63) is 23.8 Å². The molecule has 1 aromatic rings. The second-order valence-corrected chi connectivity index (χ2v) is 3.48. The van der Waals surface area contributed by atoms with Gasteiger partial charge in [-0.1, -0.05) is 6.07 Å². The van der Waals surface area contributed by atoms with Gasteiger partial charge in [0.05, 0.1) is 12.2 Å². The van der Waals surface area contributed by atoms with Crippen molar-refractivity contribution in [2.75, 3.05) is 11.9 Å². The van der Waals surface area contributed by atoms with Gasteiger partial charge in [0.15, 0.2) is 0 Å². The summed E-state index contributed by atoms with van der Waals surface area (Å²) in [6, 6.07) is 4.93. The number of hydrogen-bond donors (Lipinski definition) is 3. The summed E-state index contributed by atoms with van der Waals surface area (Å²) in [6.07, 6.45) is 0. The summed E-state index contributed by atoms with van der Waals surface area (Å²) < 4.78 is 0. The Morgan fingerprint density at radius 1 is 1.38 bits per heavy atom. The molecule has 0 saturated carbocycles. The van der Waals surface area contributed by atoms with E-state index in [1.165, 1.54) is 6.92 Å². The molecule has 3 N–H and O–H groups in total. The average Bonchev–Trinajstić information content (AvgIpc) is 2.19. The Morgan fingerprint density at radius 3 is 2.62 bits per heavy atom. The molecule has 0 aliphatic carbocycles. The quantitative estimate of drug-likeness (QED) is 0.661. The largest absolute Gasteiger partial charge is 0.506 e. The van der Waals surface area contributed by atoms with E-state index in [1.807, 2.05) is 6.92 Å². The minimum atomic E-state index is -0.380. The van der Waals surface area contributed by atoms with Crippen molar-refractivity contribution >= 4 is 17.5 Å². The summed E-state index contributed by atoms with van der Waals surface area (Å²) in [5, 5.41) is 14.4. The first-order valence-corrected chi connectivity index (χ1v) is 4.83. The molecule has 2 amide bonds. The van der Waals surface area contributed by atoms with Gasteiger partial charge in [-0.05, 0) is 24.6 Å². The van der Waals surface area contributed by atoms with Gasteiger partial charge in [0, 0.05) is 6.92 Å². The average molecular weight is 222 g/mol. The molecule has 1 aromatic carbocycles. The van der Waals surface area contributed by atoms with Gasteiger partial charge in [0.25, 0.3) is 0 Å². The van der Waals surface area contributed by atoms with Gasteiger partial charge in [-0.25, -0.2) is 0 Å². The van der Waals surface area contributed by atoms with Gasteiger partial charge in [-0.3, -0.25) is 9.59 Å². The van der Waals surface area contributed by atoms with Gasteiger partial charge < -0.3 is 15.7 Å². The lowest BCUT2D eigenvalue weighted by Crippen LogP contribution is -2.31. The van der Waals surface area contributed by atoms with E-state index in [0.29, 0.717) is 5.69 Å². The molecule has 0 heterocycles. The SMILES string of the molecule is CC(=O)NCC(=O)Nc1ccc(C)cc1O. The standard InChI is InChI=1S/C11H14N2O3/c1-7-3-4-9(10(15)5-7)13-11(16)6-12-8(2)14/h3-5,15H,6H2,1-2H3,(H,12,14)(H,13,16). The number of hydrogen-bond acceptors (Lipinski definition) is 3. The Kier molecular flexibility index (Phi) is 3.88. The molecule has 0 aromatic heterocycles. The van der Waals surface area contributed by atoms with E-state index >= 15 is 0 Å². The lowest BCUT2D eigenvalue weighted by molar-refractivity contribution is -0.122. The normalized spacial score (nSPS) is 9.62. The van der Waals surface area contributed by atoms with Crippen LogP contribution in [0.25, 0.3) is 0 Å². The van der Waals surface area contributed by atoms with E-state index in [2.05, 4.69) is 10.6 Å². The number of carbonyl (C=O) groups excluding carboxylic acids is 2. The first kappa shape index (κ1) is 12.0. The molecule has 0 radical (unpaired) electrons. The maximum absolute atomic E-state index is 11.3. The second-order valence-electron chi connectivity index (χ2n) is 3.48. The zero-order valence-electron chi connectivity index (χ0n) is 9.20. The topological polar surface area (TPSA) is 78.4 Å². The maximum Gasteiger partial charge on any atom is 0.243 e. The Morgan fingerprint density at radius 2 is 2.06 bits per heavy atom. The van der Waals surface area contributed by atoms with Crippen LogP contribution in [0.1, 0.15) is 12.5 Å². The van der Waals surface area contributed by atoms with Crippen LogP contribution in [0.3, 0.4) is 0 Å². The van der Waals surface area contributed by atoms with E-state index in [1.54, 1.807) is 18.2 Å². The van der Waals surface area contributed by atoms with Crippen LogP contribution in [0.5, 0.6) is 5.75 Å². The fraction of sp³-hybridized carbons (Fsp3) is 0.273. The van der Waals surface area contributed by atoms with Crippen molar-refractivity contribution in [2.45, 2.75) is 13.8 Å². The number of aromatic hydroxyl groups is 1. The fourth-order valence-corrected chi connectivity index (χ4v) is 1.15. The van der Waals surface area contributed by atoms with Crippen LogP contribution >= 0.6 is 0 Å². The summed E-state index contributed by atoms with van der Waals surface area (Å²) in [5.74, 6) is -0.645. The first-order chi connectivity index (χ1) is 7.49. The predicted octanol–water partition coefficient (Wildman–Crippen LogP) is 0.775. The van der Waals surface area contributed by atoms with E-state index in [0.717, 1.165) is 5.56 Å². The van der Waals surface area contributed by atoms with Crippen LogP contribution in [0.4, 0.5) is 5.69 Å². The number of benzene rings is 1. The number of phenolic OH excluding ortho intramolecular Hbond substituents is 1. The highest BCUT2D eigenvalue weighted by Gasteiger charge is 2.06. The third-order valence-corrected chi connectivity index (χ3v) is 1.93. The zero-order valence-corrected chi connectivity index (χ0v) is 9.20. The minimum absolute atomic E-state index is 0.0103. The summed E-state index contributed by atoms with van der Waals surface area (Å²) in [4.78, 5) is 21.9. The number of aryl methyl sites for hydroxylation is 1. The molecular weight excluding hydrogens is 208 g/mol. The molecule has 86 valence electrons. The van der Waals surface area contributed by atoms with E-state index in [-0.39, 0.29) is 24.1 Å². The summed E-state index contributed by atoms with van der Waals surface area (Å²) >= 11 is 0. The third-order valence-electron chi connectivity index (χ3n) is 1.93. The van der Waals surface area contributed by atoms with E-state index in [9.17, 15) is 14.7 Å². The molecule has 0 spiro atoms. The van der Waals surface area contributed by atoms with Crippen LogP contribution < -0.4 is 10.6 Å². The van der Waals surface area contributed by atoms with Gasteiger partial charge in [0.1, 0.15) is 5.75 Å². The summed E-state index contributed by atoms with van der Waals surface area (Å²) in [5.41, 5.74) is 1.23. The van der Waals surface area contributed by atoms with Gasteiger partial charge in [-0.15, -0.1) is 0 Å². The Bertz CT molecular complexity index is 416. The molecule has 0 bridgehead atoms. The third kappa shape index (κ3) is 3.61.